The SMILES string of the molecule is O=C(O)C1CN(C(=O)O)c2cc(Cl)c(OCc3ccccc3)cc2O1. The Hall–Kier alpha value is -2.93. The van der Waals surface area contributed by atoms with Crippen molar-refractivity contribution in [1.29, 1.82) is 0 Å². The van der Waals surface area contributed by atoms with Crippen LogP contribution in [-0.4, -0.2) is 34.9 Å². The molecule has 1 amide bonds. The molecule has 3 rings (SSSR count). The van der Waals surface area contributed by atoms with Gasteiger partial charge in [0.1, 0.15) is 18.1 Å². The number of hydrogen-bond acceptors (Lipinski definition) is 4. The van der Waals surface area contributed by atoms with Crippen molar-refractivity contribution in [3.05, 3.63) is 53.1 Å². The fourth-order valence-corrected chi connectivity index (χ4v) is 2.65. The van der Waals surface area contributed by atoms with Gasteiger partial charge >= 0.3 is 12.1 Å². The third-order valence-electron chi connectivity index (χ3n) is 3.67. The van der Waals surface area contributed by atoms with Crippen LogP contribution in [0.25, 0.3) is 0 Å². The Bertz CT molecular complexity index is 810. The van der Waals surface area contributed by atoms with Gasteiger partial charge in [0.25, 0.3) is 0 Å². The number of rotatable bonds is 4. The molecule has 1 unspecified atom stereocenters. The van der Waals surface area contributed by atoms with E-state index < -0.39 is 18.2 Å². The summed E-state index contributed by atoms with van der Waals surface area (Å²) in [6.07, 6.45) is -2.59. The average Bonchev–Trinajstić information content (AvgIpc) is 2.59. The number of halogens is 1. The van der Waals surface area contributed by atoms with E-state index in [1.54, 1.807) is 0 Å². The fraction of sp³-hybridized carbons (Fsp3) is 0.176. The number of nitrogens with zero attached hydrogens (tertiary/aromatic N) is 1. The van der Waals surface area contributed by atoms with Gasteiger partial charge in [-0.25, -0.2) is 9.59 Å². The van der Waals surface area contributed by atoms with E-state index in [1.165, 1.54) is 12.1 Å². The summed E-state index contributed by atoms with van der Waals surface area (Å²) >= 11 is 6.18. The molecule has 0 saturated heterocycles. The average molecular weight is 364 g/mol. The highest BCUT2D eigenvalue weighted by Gasteiger charge is 2.34. The molecule has 0 spiro atoms. The topological polar surface area (TPSA) is 96.3 Å². The molecule has 25 heavy (non-hydrogen) atoms. The molecule has 7 nitrogen and oxygen atoms in total. The first-order valence-electron chi connectivity index (χ1n) is 7.36. The smallest absolute Gasteiger partial charge is 0.412 e. The number of carboxylic acid groups (broad SMARTS) is 2. The highest BCUT2D eigenvalue weighted by molar-refractivity contribution is 6.32. The Balaban J connectivity index is 1.89. The monoisotopic (exact) mass is 363 g/mol. The van der Waals surface area contributed by atoms with Crippen molar-refractivity contribution in [3.8, 4) is 11.5 Å². The first-order valence-corrected chi connectivity index (χ1v) is 7.73. The summed E-state index contributed by atoms with van der Waals surface area (Å²) in [7, 11) is 0. The molecule has 2 aromatic carbocycles. The molecule has 1 atom stereocenters. The molecule has 1 aliphatic rings. The summed E-state index contributed by atoms with van der Waals surface area (Å²) in [6.45, 7) is -0.0669. The highest BCUT2D eigenvalue weighted by atomic mass is 35.5. The van der Waals surface area contributed by atoms with E-state index in [-0.39, 0.29) is 35.4 Å². The molecule has 0 saturated carbocycles. The number of anilines is 1. The third kappa shape index (κ3) is 3.61. The van der Waals surface area contributed by atoms with Crippen molar-refractivity contribution in [2.24, 2.45) is 0 Å². The lowest BCUT2D eigenvalue weighted by atomic mass is 10.2. The van der Waals surface area contributed by atoms with Crippen LogP contribution in [0, 0.1) is 0 Å². The fourth-order valence-electron chi connectivity index (χ4n) is 2.44. The van der Waals surface area contributed by atoms with Crippen LogP contribution in [0.2, 0.25) is 5.02 Å². The largest absolute Gasteiger partial charge is 0.487 e. The number of carbonyl (C=O) groups is 2. The number of benzene rings is 2. The van der Waals surface area contributed by atoms with Gasteiger partial charge < -0.3 is 19.7 Å². The zero-order valence-electron chi connectivity index (χ0n) is 12.9. The van der Waals surface area contributed by atoms with Crippen molar-refractivity contribution in [1.82, 2.24) is 0 Å². The first-order chi connectivity index (χ1) is 12.0. The minimum absolute atomic E-state index is 0.0912. The second kappa shape index (κ2) is 6.90. The minimum Gasteiger partial charge on any atom is -0.487 e. The highest BCUT2D eigenvalue weighted by Crippen LogP contribution is 2.41. The van der Waals surface area contributed by atoms with Crippen molar-refractivity contribution in [2.45, 2.75) is 12.7 Å². The van der Waals surface area contributed by atoms with Gasteiger partial charge in [-0.2, -0.15) is 0 Å². The maximum atomic E-state index is 11.4. The number of ether oxygens (including phenoxy) is 2. The molecule has 1 heterocycles. The maximum absolute atomic E-state index is 11.4. The summed E-state index contributed by atoms with van der Waals surface area (Å²) in [4.78, 5) is 23.5. The molecule has 1 aliphatic heterocycles. The summed E-state index contributed by atoms with van der Waals surface area (Å²) < 4.78 is 11.0. The van der Waals surface area contributed by atoms with Crippen LogP contribution in [0.3, 0.4) is 0 Å². The Labute approximate surface area is 148 Å². The molecule has 130 valence electrons. The van der Waals surface area contributed by atoms with Crippen molar-refractivity contribution >= 4 is 29.4 Å². The lowest BCUT2D eigenvalue weighted by Gasteiger charge is -2.31. The van der Waals surface area contributed by atoms with Gasteiger partial charge in [0.05, 0.1) is 17.3 Å². The van der Waals surface area contributed by atoms with Gasteiger partial charge in [0.15, 0.2) is 0 Å². The standard InChI is InChI=1S/C17H14ClNO6/c18-11-6-12-14(25-15(16(20)21)8-19(12)17(22)23)7-13(11)24-9-10-4-2-1-3-5-10/h1-7,15H,8-9H2,(H,20,21)(H,22,23). The number of aliphatic carboxylic acids is 1. The van der Waals surface area contributed by atoms with Crippen molar-refractivity contribution in [3.63, 3.8) is 0 Å². The molecule has 0 radical (unpaired) electrons. The lowest BCUT2D eigenvalue weighted by Crippen LogP contribution is -2.46. The lowest BCUT2D eigenvalue weighted by molar-refractivity contribution is -0.144. The van der Waals surface area contributed by atoms with E-state index >= 15 is 0 Å². The molecule has 0 fully saturated rings. The molecular weight excluding hydrogens is 350 g/mol. The Morgan fingerprint density at radius 3 is 2.60 bits per heavy atom. The van der Waals surface area contributed by atoms with E-state index in [4.69, 9.17) is 26.2 Å². The molecule has 2 aromatic rings. The summed E-state index contributed by atoms with van der Waals surface area (Å²) in [5.41, 5.74) is 1.11. The normalized spacial score (nSPS) is 15.9. The molecule has 8 heteroatoms. The van der Waals surface area contributed by atoms with E-state index in [0.29, 0.717) is 0 Å². The van der Waals surface area contributed by atoms with Crippen LogP contribution in [0.4, 0.5) is 10.5 Å². The second-order valence-electron chi connectivity index (χ2n) is 5.36. The van der Waals surface area contributed by atoms with E-state index in [9.17, 15) is 14.7 Å². The third-order valence-corrected chi connectivity index (χ3v) is 3.96. The molecular formula is C17H14ClNO6. The second-order valence-corrected chi connectivity index (χ2v) is 5.77. The summed E-state index contributed by atoms with van der Waals surface area (Å²) in [5, 5.41) is 18.6. The Morgan fingerprint density at radius 1 is 1.24 bits per heavy atom. The van der Waals surface area contributed by atoms with Gasteiger partial charge in [-0.1, -0.05) is 41.9 Å². The Kier molecular flexibility index (Phi) is 4.67. The van der Waals surface area contributed by atoms with Crippen LogP contribution in [0.1, 0.15) is 5.56 Å². The maximum Gasteiger partial charge on any atom is 0.412 e. The van der Waals surface area contributed by atoms with Gasteiger partial charge in [0.2, 0.25) is 6.10 Å². The van der Waals surface area contributed by atoms with Gasteiger partial charge in [-0.15, -0.1) is 0 Å². The van der Waals surface area contributed by atoms with Gasteiger partial charge in [-0.05, 0) is 11.6 Å². The molecule has 2 N–H and O–H groups in total. The first kappa shape index (κ1) is 16.9. The zero-order valence-corrected chi connectivity index (χ0v) is 13.6. The van der Waals surface area contributed by atoms with Crippen LogP contribution >= 0.6 is 11.6 Å². The molecule has 0 aliphatic carbocycles. The summed E-state index contributed by atoms with van der Waals surface area (Å²) in [6, 6.07) is 12.2. The number of carboxylic acids is 1. The van der Waals surface area contributed by atoms with E-state index in [2.05, 4.69) is 0 Å². The minimum atomic E-state index is -1.30. The number of amides is 1. The van der Waals surface area contributed by atoms with Gasteiger partial charge in [-0.3, -0.25) is 4.90 Å². The Morgan fingerprint density at radius 2 is 1.96 bits per heavy atom. The molecule has 0 bridgehead atoms. The van der Waals surface area contributed by atoms with Crippen LogP contribution in [0.15, 0.2) is 42.5 Å². The zero-order chi connectivity index (χ0) is 18.0. The van der Waals surface area contributed by atoms with Crippen molar-refractivity contribution < 1.29 is 29.3 Å². The van der Waals surface area contributed by atoms with Crippen LogP contribution in [-0.2, 0) is 11.4 Å². The predicted octanol–water partition coefficient (Wildman–Crippen LogP) is 3.25. The van der Waals surface area contributed by atoms with Gasteiger partial charge in [0, 0.05) is 6.07 Å². The van der Waals surface area contributed by atoms with E-state index in [1.807, 2.05) is 30.3 Å². The van der Waals surface area contributed by atoms with Crippen LogP contribution in [0.5, 0.6) is 11.5 Å². The number of fused-ring (bicyclic) bond motifs is 1. The summed E-state index contributed by atoms with van der Waals surface area (Å²) in [5.74, 6) is -0.882. The quantitative estimate of drug-likeness (QED) is 0.865. The predicted molar refractivity (Wildman–Crippen MR) is 89.6 cm³/mol. The molecule has 0 aromatic heterocycles. The van der Waals surface area contributed by atoms with E-state index in [0.717, 1.165) is 10.5 Å². The number of hydrogen-bond donors (Lipinski definition) is 2. The van der Waals surface area contributed by atoms with Crippen molar-refractivity contribution in [2.75, 3.05) is 11.4 Å². The van der Waals surface area contributed by atoms with Crippen LogP contribution < -0.4 is 14.4 Å².